The number of hydrogen-bond donors (Lipinski definition) is 2. The smallest absolute Gasteiger partial charge is 0.340 e. The molecule has 3 aromatic heterocycles. The highest BCUT2D eigenvalue weighted by molar-refractivity contribution is 7.90. The van der Waals surface area contributed by atoms with Crippen molar-refractivity contribution in [2.24, 2.45) is 5.73 Å². The average Bonchev–Trinajstić information content (AvgIpc) is 2.83. The monoisotopic (exact) mass is 527 g/mol. The topological polar surface area (TPSA) is 146 Å². The SMILES string of the molecule is CC[C@@](C)(N)c1cnc(OCCCS(C)(=O)=O)c2cnc(Nc3ccc4c(n3)C(C)(C)COC4=O)cc12. The molecule has 11 heteroatoms. The van der Waals surface area contributed by atoms with Crippen LogP contribution in [0.15, 0.2) is 30.6 Å². The van der Waals surface area contributed by atoms with Crippen LogP contribution in [0.2, 0.25) is 0 Å². The lowest BCUT2D eigenvalue weighted by atomic mass is 9.85. The number of carbonyl (C=O) groups excluding carboxylic acids is 1. The molecule has 0 spiro atoms. The molecule has 0 amide bonds. The second kappa shape index (κ2) is 9.86. The Morgan fingerprint density at radius 1 is 1.19 bits per heavy atom. The van der Waals surface area contributed by atoms with Crippen molar-refractivity contribution in [3.63, 3.8) is 0 Å². The molecular formula is C26H33N5O5S. The molecule has 198 valence electrons. The van der Waals surface area contributed by atoms with Crippen LogP contribution in [0, 0.1) is 0 Å². The Balaban J connectivity index is 1.69. The van der Waals surface area contributed by atoms with Crippen molar-refractivity contribution >= 4 is 38.2 Å². The van der Waals surface area contributed by atoms with E-state index in [9.17, 15) is 13.2 Å². The molecule has 0 saturated carbocycles. The number of cyclic esters (lactones) is 1. The summed E-state index contributed by atoms with van der Waals surface area (Å²) in [6.45, 7) is 8.37. The number of nitrogens with one attached hydrogen (secondary N) is 1. The van der Waals surface area contributed by atoms with Crippen LogP contribution in [0.4, 0.5) is 11.6 Å². The number of sulfone groups is 1. The Labute approximate surface area is 216 Å². The molecule has 37 heavy (non-hydrogen) atoms. The molecular weight excluding hydrogens is 494 g/mol. The van der Waals surface area contributed by atoms with E-state index in [0.717, 1.165) is 10.9 Å². The van der Waals surface area contributed by atoms with Crippen LogP contribution in [0.5, 0.6) is 5.88 Å². The quantitative estimate of drug-likeness (QED) is 0.312. The summed E-state index contributed by atoms with van der Waals surface area (Å²) in [5.74, 6) is 1.12. The summed E-state index contributed by atoms with van der Waals surface area (Å²) in [5, 5.41) is 4.74. The number of rotatable bonds is 9. The molecule has 0 aliphatic carbocycles. The molecule has 0 unspecified atom stereocenters. The Morgan fingerprint density at radius 3 is 2.65 bits per heavy atom. The summed E-state index contributed by atoms with van der Waals surface area (Å²) in [4.78, 5) is 25.9. The fourth-order valence-corrected chi connectivity index (χ4v) is 4.80. The summed E-state index contributed by atoms with van der Waals surface area (Å²) >= 11 is 0. The van der Waals surface area contributed by atoms with Crippen molar-refractivity contribution in [2.45, 2.75) is 51.5 Å². The van der Waals surface area contributed by atoms with Crippen molar-refractivity contribution in [1.29, 1.82) is 0 Å². The largest absolute Gasteiger partial charge is 0.477 e. The second-order valence-corrected chi connectivity index (χ2v) is 12.6. The van der Waals surface area contributed by atoms with Gasteiger partial charge in [-0.3, -0.25) is 0 Å². The van der Waals surface area contributed by atoms with Crippen molar-refractivity contribution in [3.05, 3.63) is 47.4 Å². The molecule has 0 radical (unpaired) electrons. The van der Waals surface area contributed by atoms with Crippen LogP contribution in [-0.4, -0.2) is 54.6 Å². The fourth-order valence-electron chi connectivity index (χ4n) is 4.16. The van der Waals surface area contributed by atoms with E-state index in [1.807, 2.05) is 33.8 Å². The van der Waals surface area contributed by atoms with Crippen LogP contribution in [-0.2, 0) is 25.5 Å². The number of esters is 1. The Morgan fingerprint density at radius 2 is 1.95 bits per heavy atom. The predicted molar refractivity (Wildman–Crippen MR) is 142 cm³/mol. The molecule has 0 bridgehead atoms. The molecule has 1 aliphatic rings. The van der Waals surface area contributed by atoms with Gasteiger partial charge in [0.15, 0.2) is 0 Å². The Hall–Kier alpha value is -3.31. The molecule has 3 N–H and O–H groups in total. The lowest BCUT2D eigenvalue weighted by molar-refractivity contribution is 0.0366. The van der Waals surface area contributed by atoms with Gasteiger partial charge in [0, 0.05) is 29.6 Å². The predicted octanol–water partition coefficient (Wildman–Crippen LogP) is 3.61. The summed E-state index contributed by atoms with van der Waals surface area (Å²) in [5.41, 5.74) is 7.51. The minimum Gasteiger partial charge on any atom is -0.477 e. The third kappa shape index (κ3) is 5.83. The van der Waals surface area contributed by atoms with Gasteiger partial charge < -0.3 is 20.5 Å². The summed E-state index contributed by atoms with van der Waals surface area (Å²) in [7, 11) is -3.07. The van der Waals surface area contributed by atoms with Crippen LogP contribution in [0.3, 0.4) is 0 Å². The van der Waals surface area contributed by atoms with Gasteiger partial charge in [-0.1, -0.05) is 20.8 Å². The molecule has 0 aromatic carbocycles. The van der Waals surface area contributed by atoms with E-state index in [2.05, 4.69) is 15.3 Å². The number of pyridine rings is 3. The van der Waals surface area contributed by atoms with Crippen LogP contribution in [0.25, 0.3) is 10.8 Å². The number of fused-ring (bicyclic) bond motifs is 2. The minimum absolute atomic E-state index is 0.0361. The van der Waals surface area contributed by atoms with Crippen LogP contribution < -0.4 is 15.8 Å². The first-order valence-electron chi connectivity index (χ1n) is 12.1. The van der Waals surface area contributed by atoms with Gasteiger partial charge in [-0.05, 0) is 48.9 Å². The number of ether oxygens (including phenoxy) is 2. The zero-order valence-electron chi connectivity index (χ0n) is 21.8. The van der Waals surface area contributed by atoms with Crippen LogP contribution >= 0.6 is 0 Å². The lowest BCUT2D eigenvalue weighted by Gasteiger charge is -2.30. The highest BCUT2D eigenvalue weighted by atomic mass is 32.2. The second-order valence-electron chi connectivity index (χ2n) is 10.4. The highest BCUT2D eigenvalue weighted by Crippen LogP contribution is 2.35. The number of carbonyl (C=O) groups is 1. The molecule has 3 aromatic rings. The van der Waals surface area contributed by atoms with Gasteiger partial charge in [0.2, 0.25) is 5.88 Å². The lowest BCUT2D eigenvalue weighted by Crippen LogP contribution is -2.35. The molecule has 0 saturated heterocycles. The molecule has 1 atom stereocenters. The fraction of sp³-hybridized carbons (Fsp3) is 0.462. The standard InChI is InChI=1S/C26H33N5O5S/c1-6-26(4,27)19-14-29-23(35-10-7-11-37(5,33)34)18-13-28-21(12-17(18)19)30-20-9-8-16-22(31-20)25(2,3)15-36-24(16)32/h8-9,12-14H,6-7,10-11,15,27H2,1-5H3,(H,28,30,31)/t26-/m1/s1. The summed E-state index contributed by atoms with van der Waals surface area (Å²) in [6.07, 6.45) is 5.60. The van der Waals surface area contributed by atoms with E-state index in [1.165, 1.54) is 6.26 Å². The van der Waals surface area contributed by atoms with Gasteiger partial charge in [0.1, 0.15) is 28.1 Å². The van der Waals surface area contributed by atoms with E-state index < -0.39 is 20.8 Å². The molecule has 4 rings (SSSR count). The van der Waals surface area contributed by atoms with E-state index in [4.69, 9.17) is 20.2 Å². The maximum atomic E-state index is 12.2. The number of nitrogens with zero attached hydrogens (tertiary/aromatic N) is 3. The normalized spacial score (nSPS) is 16.5. The Bertz CT molecular complexity index is 1450. The van der Waals surface area contributed by atoms with Gasteiger partial charge in [0.25, 0.3) is 0 Å². The summed E-state index contributed by atoms with van der Waals surface area (Å²) < 4.78 is 34.0. The van der Waals surface area contributed by atoms with E-state index in [0.29, 0.717) is 47.0 Å². The third-order valence-corrected chi connectivity index (χ3v) is 7.59. The number of nitrogens with two attached hydrogens (primary N) is 1. The van der Waals surface area contributed by atoms with Gasteiger partial charge in [-0.2, -0.15) is 0 Å². The first-order chi connectivity index (χ1) is 17.3. The zero-order valence-corrected chi connectivity index (χ0v) is 22.6. The van der Waals surface area contributed by atoms with Crippen molar-refractivity contribution in [3.8, 4) is 5.88 Å². The molecule has 4 heterocycles. The van der Waals surface area contributed by atoms with Crippen molar-refractivity contribution in [2.75, 3.05) is 30.5 Å². The average molecular weight is 528 g/mol. The van der Waals surface area contributed by atoms with Crippen molar-refractivity contribution in [1.82, 2.24) is 15.0 Å². The number of aromatic nitrogens is 3. The van der Waals surface area contributed by atoms with Gasteiger partial charge in [-0.15, -0.1) is 0 Å². The highest BCUT2D eigenvalue weighted by Gasteiger charge is 2.35. The van der Waals surface area contributed by atoms with E-state index >= 15 is 0 Å². The van der Waals surface area contributed by atoms with Gasteiger partial charge in [-0.25, -0.2) is 28.2 Å². The first kappa shape index (κ1) is 26.7. The molecule has 0 fully saturated rings. The molecule has 10 nitrogen and oxygen atoms in total. The van der Waals surface area contributed by atoms with E-state index in [-0.39, 0.29) is 24.9 Å². The Kier molecular flexibility index (Phi) is 7.13. The third-order valence-electron chi connectivity index (χ3n) is 6.56. The maximum absolute atomic E-state index is 12.2. The summed E-state index contributed by atoms with van der Waals surface area (Å²) in [6, 6.07) is 5.30. The van der Waals surface area contributed by atoms with Gasteiger partial charge in [0.05, 0.1) is 29.0 Å². The minimum atomic E-state index is -3.07. The van der Waals surface area contributed by atoms with Gasteiger partial charge >= 0.3 is 5.97 Å². The van der Waals surface area contributed by atoms with Crippen LogP contribution in [0.1, 0.15) is 62.2 Å². The number of hydrogen-bond acceptors (Lipinski definition) is 10. The zero-order chi connectivity index (χ0) is 27.0. The van der Waals surface area contributed by atoms with Crippen molar-refractivity contribution < 1.29 is 22.7 Å². The van der Waals surface area contributed by atoms with E-state index in [1.54, 1.807) is 24.5 Å². The molecule has 1 aliphatic heterocycles. The first-order valence-corrected chi connectivity index (χ1v) is 14.2. The maximum Gasteiger partial charge on any atom is 0.340 e. The number of anilines is 2.